The van der Waals surface area contributed by atoms with E-state index in [1.165, 1.54) is 55.5 Å². The van der Waals surface area contributed by atoms with Crippen molar-refractivity contribution >= 4 is 53.2 Å². The van der Waals surface area contributed by atoms with E-state index >= 15 is 0 Å². The maximum absolute atomic E-state index is 14.2. The smallest absolute Gasteiger partial charge is 0.326 e. The molecule has 426 valence electrons. The number of aliphatic carboxylic acids is 1. The number of aromatic hydroxyl groups is 2. The molecule has 79 heavy (non-hydrogen) atoms. The molecular formula is C56H73N9O14. The summed E-state index contributed by atoms with van der Waals surface area (Å²) in [4.78, 5) is 122. The molecule has 0 saturated carbocycles. The van der Waals surface area contributed by atoms with Crippen molar-refractivity contribution in [1.82, 2.24) is 42.5 Å². The monoisotopic (exact) mass is 1100 g/mol. The van der Waals surface area contributed by atoms with E-state index in [1.807, 2.05) is 0 Å². The summed E-state index contributed by atoms with van der Waals surface area (Å²) in [5.41, 5.74) is 8.28. The number of carbonyl (C=O) groups excluding carboxylic acids is 8. The number of phenolic OH excluding ortho intramolecular Hbond substituents is 2. The predicted octanol–water partition coefficient (Wildman–Crippen LogP) is -0.636. The Labute approximate surface area is 457 Å². The number of phenols is 2. The number of carbonyl (C=O) groups is 9. The van der Waals surface area contributed by atoms with E-state index in [9.17, 15) is 68.7 Å². The van der Waals surface area contributed by atoms with Gasteiger partial charge in [-0.05, 0) is 72.2 Å². The van der Waals surface area contributed by atoms with Gasteiger partial charge < -0.3 is 73.8 Å². The van der Waals surface area contributed by atoms with Crippen LogP contribution in [-0.2, 0) is 68.8 Å². The van der Waals surface area contributed by atoms with Crippen molar-refractivity contribution in [3.8, 4) is 11.5 Å². The molecule has 0 radical (unpaired) electrons. The Balaban J connectivity index is 1.49. The fourth-order valence-electron chi connectivity index (χ4n) is 7.95. The van der Waals surface area contributed by atoms with Crippen LogP contribution < -0.4 is 48.3 Å². The second-order valence-corrected chi connectivity index (χ2v) is 19.9. The number of nitrogens with one attached hydrogen (secondary N) is 8. The third kappa shape index (κ3) is 20.2. The highest BCUT2D eigenvalue weighted by atomic mass is 16.4. The molecule has 0 aromatic heterocycles. The first-order chi connectivity index (χ1) is 37.4. The van der Waals surface area contributed by atoms with E-state index in [0.29, 0.717) is 22.3 Å². The molecule has 4 aromatic carbocycles. The molecule has 23 nitrogen and oxygen atoms in total. The first-order valence-electron chi connectivity index (χ1n) is 25.7. The number of rotatable bonds is 29. The lowest BCUT2D eigenvalue weighted by molar-refractivity contribution is -0.142. The molecule has 0 aliphatic rings. The van der Waals surface area contributed by atoms with Crippen LogP contribution in [0.2, 0.25) is 0 Å². The summed E-state index contributed by atoms with van der Waals surface area (Å²) in [6.07, 6.45) is -2.16. The minimum Gasteiger partial charge on any atom is -0.508 e. The van der Waals surface area contributed by atoms with Gasteiger partial charge in [0.1, 0.15) is 59.8 Å². The first-order valence-corrected chi connectivity index (χ1v) is 25.7. The molecule has 15 N–H and O–H groups in total. The van der Waals surface area contributed by atoms with Gasteiger partial charge in [-0.25, -0.2) is 4.79 Å². The van der Waals surface area contributed by atoms with Crippen molar-refractivity contribution in [2.75, 3.05) is 6.61 Å². The lowest BCUT2D eigenvalue weighted by atomic mass is 9.99. The molecule has 0 fully saturated rings. The lowest BCUT2D eigenvalue weighted by Crippen LogP contribution is -2.62. The predicted molar refractivity (Wildman–Crippen MR) is 289 cm³/mol. The Bertz CT molecular complexity index is 2690. The molecule has 0 saturated heterocycles. The number of hydrogen-bond acceptors (Lipinski definition) is 14. The van der Waals surface area contributed by atoms with Gasteiger partial charge in [-0.1, -0.05) is 113 Å². The molecule has 0 bridgehead atoms. The fraction of sp³-hybridized carbons (Fsp3) is 0.411. The average molecular weight is 1100 g/mol. The zero-order valence-electron chi connectivity index (χ0n) is 44.8. The van der Waals surface area contributed by atoms with Crippen molar-refractivity contribution in [3.63, 3.8) is 0 Å². The van der Waals surface area contributed by atoms with Crippen molar-refractivity contribution in [2.24, 2.45) is 17.6 Å². The van der Waals surface area contributed by atoms with Crippen molar-refractivity contribution in [1.29, 1.82) is 0 Å². The maximum atomic E-state index is 14.2. The Morgan fingerprint density at radius 2 is 0.747 bits per heavy atom. The molecule has 0 aliphatic heterocycles. The number of nitrogens with two attached hydrogens (primary N) is 1. The Kier molecular flexibility index (Phi) is 24.4. The third-order valence-electron chi connectivity index (χ3n) is 12.7. The van der Waals surface area contributed by atoms with Gasteiger partial charge in [-0.2, -0.15) is 0 Å². The van der Waals surface area contributed by atoms with Crippen LogP contribution in [0.3, 0.4) is 0 Å². The van der Waals surface area contributed by atoms with Crippen LogP contribution in [-0.4, -0.2) is 146 Å². The molecule has 0 aliphatic carbocycles. The van der Waals surface area contributed by atoms with E-state index in [2.05, 4.69) is 42.5 Å². The van der Waals surface area contributed by atoms with Crippen LogP contribution in [0.5, 0.6) is 11.5 Å². The minimum atomic E-state index is -1.83. The van der Waals surface area contributed by atoms with Crippen molar-refractivity contribution in [3.05, 3.63) is 131 Å². The summed E-state index contributed by atoms with van der Waals surface area (Å²) < 4.78 is 0. The standard InChI is InChI=1S/C56H73N9O14/c1-30(2)45(57)53(75)61-40(26-36-17-21-38(68)22-18-36)49(71)60-42(27-37-19-23-39(69)24-20-37)51(73)65-47(33(6)67)55(77)63-44(29-66)52(74)58-32(5)48(70)59-41(25-34-13-9-7-10-14-34)50(72)64-46(31(3)4)54(76)62-43(56(78)79)28-35-15-11-8-12-16-35/h7-24,30-33,40-47,66-69H,25-29,57H2,1-6H3,(H,58,74)(H,59,70)(H,60,71)(H,61,75)(H,62,76)(H,63,77)(H,64,72)(H,65,73)(H,78,79)/t32-,33+,40-,41-,42-,43-,44-,45-,46-,47-/m0/s1. The van der Waals surface area contributed by atoms with Gasteiger partial charge in [0, 0.05) is 25.7 Å². The topological polar surface area (TPSA) is 377 Å². The van der Waals surface area contributed by atoms with Crippen LogP contribution in [0, 0.1) is 11.8 Å². The van der Waals surface area contributed by atoms with Crippen molar-refractivity contribution < 1.29 is 68.7 Å². The number of aliphatic hydroxyl groups excluding tert-OH is 2. The van der Waals surface area contributed by atoms with E-state index in [-0.39, 0.29) is 43.1 Å². The highest BCUT2D eigenvalue weighted by Crippen LogP contribution is 2.16. The van der Waals surface area contributed by atoms with E-state index in [0.717, 1.165) is 6.92 Å². The molecule has 4 rings (SSSR count). The molecule has 0 unspecified atom stereocenters. The quantitative estimate of drug-likeness (QED) is 0.0322. The van der Waals surface area contributed by atoms with E-state index in [1.54, 1.807) is 88.4 Å². The summed E-state index contributed by atoms with van der Waals surface area (Å²) >= 11 is 0. The van der Waals surface area contributed by atoms with Crippen LogP contribution in [0.25, 0.3) is 0 Å². The number of hydrogen-bond donors (Lipinski definition) is 14. The lowest BCUT2D eigenvalue weighted by Gasteiger charge is -2.28. The normalized spacial score (nSPS) is 15.0. The number of carboxylic acids is 1. The highest BCUT2D eigenvalue weighted by molar-refractivity contribution is 5.98. The van der Waals surface area contributed by atoms with Crippen LogP contribution >= 0.6 is 0 Å². The van der Waals surface area contributed by atoms with Gasteiger partial charge in [0.2, 0.25) is 47.3 Å². The fourth-order valence-corrected chi connectivity index (χ4v) is 7.95. The average Bonchev–Trinajstić information content (AvgIpc) is 3.41. The largest absolute Gasteiger partial charge is 0.508 e. The zero-order chi connectivity index (χ0) is 58.5. The van der Waals surface area contributed by atoms with Gasteiger partial charge in [0.15, 0.2) is 0 Å². The summed E-state index contributed by atoms with van der Waals surface area (Å²) in [5.74, 6) is -9.66. The Morgan fingerprint density at radius 1 is 0.405 bits per heavy atom. The number of aliphatic hydroxyl groups is 2. The molecule has 10 atom stereocenters. The molecule has 8 amide bonds. The summed E-state index contributed by atoms with van der Waals surface area (Å²) in [6.45, 7) is 8.05. The van der Waals surface area contributed by atoms with Crippen molar-refractivity contribution in [2.45, 2.75) is 128 Å². The first kappa shape index (κ1) is 63.1. The second-order valence-electron chi connectivity index (χ2n) is 19.9. The van der Waals surface area contributed by atoms with Gasteiger partial charge in [0.05, 0.1) is 18.8 Å². The van der Waals surface area contributed by atoms with E-state index < -0.39 is 126 Å². The van der Waals surface area contributed by atoms with Gasteiger partial charge in [0.25, 0.3) is 0 Å². The molecule has 0 heterocycles. The summed E-state index contributed by atoms with van der Waals surface area (Å²) in [6, 6.07) is 15.7. The number of benzene rings is 4. The van der Waals surface area contributed by atoms with Gasteiger partial charge >= 0.3 is 5.97 Å². The molecule has 4 aromatic rings. The molecular weight excluding hydrogens is 1020 g/mol. The van der Waals surface area contributed by atoms with Crippen LogP contribution in [0.4, 0.5) is 0 Å². The Morgan fingerprint density at radius 3 is 1.15 bits per heavy atom. The van der Waals surface area contributed by atoms with Crippen LogP contribution in [0.15, 0.2) is 109 Å². The van der Waals surface area contributed by atoms with Gasteiger partial charge in [-0.15, -0.1) is 0 Å². The SMILES string of the molecule is CC(C)[C@H](N)C(=O)N[C@@H](Cc1ccc(O)cc1)C(=O)N[C@@H](Cc1ccc(O)cc1)C(=O)N[C@H](C(=O)N[C@@H](CO)C(=O)N[C@@H](C)C(=O)N[C@@H](Cc1ccccc1)C(=O)N[C@H](C(=O)N[C@@H](Cc1ccccc1)C(=O)O)C(C)C)[C@@H](C)O. The number of carboxylic acid groups (broad SMARTS) is 1. The Hall–Kier alpha value is -8.41. The molecule has 0 spiro atoms. The maximum Gasteiger partial charge on any atom is 0.326 e. The van der Waals surface area contributed by atoms with E-state index in [4.69, 9.17) is 5.73 Å². The van der Waals surface area contributed by atoms with Crippen LogP contribution in [0.1, 0.15) is 63.8 Å². The van der Waals surface area contributed by atoms with Gasteiger partial charge in [-0.3, -0.25) is 38.4 Å². The number of amides is 8. The summed E-state index contributed by atoms with van der Waals surface area (Å²) in [7, 11) is 0. The zero-order valence-corrected chi connectivity index (χ0v) is 44.8. The summed E-state index contributed by atoms with van der Waals surface area (Å²) in [5, 5.41) is 70.8. The molecule has 23 heteroatoms. The minimum absolute atomic E-state index is 0.0368. The third-order valence-corrected chi connectivity index (χ3v) is 12.7. The highest BCUT2D eigenvalue weighted by Gasteiger charge is 2.36. The second kappa shape index (κ2) is 30.5.